The van der Waals surface area contributed by atoms with E-state index in [9.17, 15) is 36.6 Å². The fourth-order valence-electron chi connectivity index (χ4n) is 5.76. The van der Waals surface area contributed by atoms with Gasteiger partial charge in [-0.15, -0.1) is 11.3 Å². The number of benzene rings is 3. The van der Waals surface area contributed by atoms with Crippen LogP contribution in [0.2, 0.25) is 0 Å². The lowest BCUT2D eigenvalue weighted by atomic mass is 9.99. The molecular weight excluding hydrogens is 651 g/mol. The molecule has 7 nitrogen and oxygen atoms in total. The van der Waals surface area contributed by atoms with Gasteiger partial charge in [0.2, 0.25) is 0 Å². The normalized spacial score (nSPS) is 16.2. The maximum atomic E-state index is 14.0. The number of likely N-dealkylation sites (tertiary alicyclic amines) is 1. The number of aliphatic hydroxyl groups is 1. The number of carbonyl (C=O) groups excluding carboxylic acids is 2. The molecule has 0 spiro atoms. The molecular formula is C35H35F5N4O3S. The fraction of sp³-hybridized carbons (Fsp3) is 0.343. The first kappa shape index (κ1) is 35.1. The third-order valence-electron chi connectivity index (χ3n) is 8.17. The number of halogens is 5. The topological polar surface area (TPSA) is 94.6 Å². The molecule has 3 N–H and O–H groups in total. The average molecular weight is 687 g/mol. The van der Waals surface area contributed by atoms with Crippen molar-refractivity contribution >= 4 is 23.2 Å². The number of hydrogen-bond acceptors (Lipinski definition) is 6. The number of nitrogens with one attached hydrogen (secondary N) is 2. The molecule has 1 aliphatic rings. The molecule has 2 amide bonds. The summed E-state index contributed by atoms with van der Waals surface area (Å²) in [6.07, 6.45) is -7.10. The van der Waals surface area contributed by atoms with E-state index in [4.69, 9.17) is 0 Å². The Bertz CT molecular complexity index is 1720. The summed E-state index contributed by atoms with van der Waals surface area (Å²) >= 11 is 1.43. The van der Waals surface area contributed by atoms with E-state index < -0.39 is 47.7 Å². The maximum absolute atomic E-state index is 14.0. The molecule has 5 rings (SSSR count). The summed E-state index contributed by atoms with van der Waals surface area (Å²) < 4.78 is 67.5. The number of aliphatic hydroxyl groups excluding tert-OH is 1. The minimum absolute atomic E-state index is 0.0208. The van der Waals surface area contributed by atoms with E-state index in [1.54, 1.807) is 35.2 Å². The number of hydrogen-bond donors (Lipinski definition) is 3. The Labute approximate surface area is 278 Å². The van der Waals surface area contributed by atoms with E-state index in [0.717, 1.165) is 47.0 Å². The van der Waals surface area contributed by atoms with Gasteiger partial charge < -0.3 is 20.6 Å². The number of thiazole rings is 1. The number of carbonyl (C=O) groups is 2. The number of aromatic nitrogens is 1. The molecule has 1 unspecified atom stereocenters. The van der Waals surface area contributed by atoms with Crippen LogP contribution in [0, 0.1) is 6.92 Å². The van der Waals surface area contributed by atoms with E-state index in [1.807, 2.05) is 12.3 Å². The summed E-state index contributed by atoms with van der Waals surface area (Å²) in [7, 11) is 0. The van der Waals surface area contributed by atoms with Crippen molar-refractivity contribution in [3.63, 3.8) is 0 Å². The molecule has 0 aliphatic carbocycles. The van der Waals surface area contributed by atoms with E-state index in [1.165, 1.54) is 29.5 Å². The van der Waals surface area contributed by atoms with Crippen LogP contribution in [0.5, 0.6) is 0 Å². The lowest BCUT2D eigenvalue weighted by Crippen LogP contribution is -2.48. The highest BCUT2D eigenvalue weighted by atomic mass is 32.1. The van der Waals surface area contributed by atoms with Gasteiger partial charge in [0.25, 0.3) is 18.2 Å². The van der Waals surface area contributed by atoms with Crippen LogP contribution >= 0.6 is 11.3 Å². The van der Waals surface area contributed by atoms with E-state index in [2.05, 4.69) is 15.6 Å². The average Bonchev–Trinajstić information content (AvgIpc) is 3.73. The van der Waals surface area contributed by atoms with Crippen molar-refractivity contribution in [2.45, 2.75) is 63.5 Å². The first-order valence-corrected chi connectivity index (χ1v) is 16.3. The van der Waals surface area contributed by atoms with Crippen LogP contribution in [0.3, 0.4) is 0 Å². The lowest BCUT2D eigenvalue weighted by molar-refractivity contribution is -0.137. The second-order valence-corrected chi connectivity index (χ2v) is 12.7. The van der Waals surface area contributed by atoms with Gasteiger partial charge in [-0.2, -0.15) is 13.2 Å². The van der Waals surface area contributed by atoms with Gasteiger partial charge in [-0.25, -0.2) is 13.8 Å². The SMILES string of the molecule is Cc1csc(C2CCCN2C(=O)c2cc(C(=O)N[C@@H](Cc3ccccc3)[C@H](O)CNCc3cccc(C(F)(F)F)c3)cc(C(F)F)c2)n1. The Hall–Kier alpha value is -4.20. The molecule has 2 heterocycles. The summed E-state index contributed by atoms with van der Waals surface area (Å²) in [5.41, 5.74) is 0.446. The Morgan fingerprint density at radius 2 is 1.75 bits per heavy atom. The largest absolute Gasteiger partial charge is 0.416 e. The minimum atomic E-state index is -4.50. The Kier molecular flexibility index (Phi) is 11.2. The Balaban J connectivity index is 1.34. The van der Waals surface area contributed by atoms with Gasteiger partial charge >= 0.3 is 6.18 Å². The highest BCUT2D eigenvalue weighted by molar-refractivity contribution is 7.09. The van der Waals surface area contributed by atoms with Gasteiger partial charge in [0.05, 0.1) is 23.8 Å². The van der Waals surface area contributed by atoms with Gasteiger partial charge in [-0.05, 0) is 61.6 Å². The van der Waals surface area contributed by atoms with Crippen LogP contribution in [0.25, 0.3) is 0 Å². The van der Waals surface area contributed by atoms with Crippen molar-refractivity contribution in [1.29, 1.82) is 0 Å². The molecule has 3 atom stereocenters. The molecule has 0 radical (unpaired) electrons. The number of aryl methyl sites for hydroxylation is 1. The molecule has 4 aromatic rings. The van der Waals surface area contributed by atoms with Gasteiger partial charge in [0.15, 0.2) is 0 Å². The monoisotopic (exact) mass is 686 g/mol. The smallest absolute Gasteiger partial charge is 0.390 e. The summed E-state index contributed by atoms with van der Waals surface area (Å²) in [5.74, 6) is -1.25. The highest BCUT2D eigenvalue weighted by Gasteiger charge is 2.34. The molecule has 0 saturated carbocycles. The van der Waals surface area contributed by atoms with Crippen LogP contribution < -0.4 is 10.6 Å². The van der Waals surface area contributed by atoms with E-state index >= 15 is 0 Å². The second kappa shape index (κ2) is 15.3. The van der Waals surface area contributed by atoms with Gasteiger partial charge in [0, 0.05) is 47.4 Å². The molecule has 0 bridgehead atoms. The summed E-state index contributed by atoms with van der Waals surface area (Å²) in [5, 5.41) is 19.5. The second-order valence-electron chi connectivity index (χ2n) is 11.8. The number of rotatable bonds is 12. The van der Waals surface area contributed by atoms with Crippen LogP contribution in [0.1, 0.15) is 79.0 Å². The van der Waals surface area contributed by atoms with Gasteiger partial charge in [0.1, 0.15) is 5.01 Å². The standard InChI is InChI=1S/C35H35F5N4O3S/c1-21-20-48-33(42-21)29-11-6-12-44(29)34(47)26-16-24(31(36)37)15-25(17-26)32(46)43-28(14-22-7-3-2-4-8-22)30(45)19-41-18-23-9-5-10-27(13-23)35(38,39)40/h2-5,7-10,13,15-17,20,28-31,41,45H,6,11-12,14,18-19H2,1H3,(H,43,46)/t28-,29?,30+/m0/s1. The quantitative estimate of drug-likeness (QED) is 0.141. The van der Waals surface area contributed by atoms with Crippen LogP contribution in [0.4, 0.5) is 22.0 Å². The van der Waals surface area contributed by atoms with Gasteiger partial charge in [-0.3, -0.25) is 9.59 Å². The van der Waals surface area contributed by atoms with Crippen LogP contribution in [-0.4, -0.2) is 52.0 Å². The van der Waals surface area contributed by atoms with E-state index in [0.29, 0.717) is 18.5 Å². The van der Waals surface area contributed by atoms with Crippen molar-refractivity contribution in [3.05, 3.63) is 122 Å². The Morgan fingerprint density at radius 3 is 2.44 bits per heavy atom. The first-order valence-electron chi connectivity index (χ1n) is 15.4. The third-order valence-corrected chi connectivity index (χ3v) is 9.23. The lowest BCUT2D eigenvalue weighted by Gasteiger charge is -2.26. The molecule has 254 valence electrons. The van der Waals surface area contributed by atoms with Crippen molar-refractivity contribution in [2.75, 3.05) is 13.1 Å². The third kappa shape index (κ3) is 8.82. The minimum Gasteiger partial charge on any atom is -0.390 e. The van der Waals surface area contributed by atoms with Crippen molar-refractivity contribution in [3.8, 4) is 0 Å². The zero-order valence-corrected chi connectivity index (χ0v) is 26.8. The predicted octanol–water partition coefficient (Wildman–Crippen LogP) is 6.88. The molecule has 3 aromatic carbocycles. The molecule has 1 aliphatic heterocycles. The number of amides is 2. The summed E-state index contributed by atoms with van der Waals surface area (Å²) in [4.78, 5) is 33.4. The van der Waals surface area contributed by atoms with Crippen LogP contribution in [-0.2, 0) is 19.1 Å². The zero-order chi connectivity index (χ0) is 34.4. The highest BCUT2D eigenvalue weighted by Crippen LogP contribution is 2.35. The molecule has 13 heteroatoms. The Morgan fingerprint density at radius 1 is 1.02 bits per heavy atom. The van der Waals surface area contributed by atoms with Crippen LogP contribution in [0.15, 0.2) is 78.2 Å². The first-order chi connectivity index (χ1) is 22.9. The summed E-state index contributed by atoms with van der Waals surface area (Å²) in [6, 6.07) is 16.0. The molecule has 1 fully saturated rings. The number of alkyl halides is 5. The molecule has 48 heavy (non-hydrogen) atoms. The van der Waals surface area contributed by atoms with Crippen molar-refractivity contribution < 1.29 is 36.6 Å². The van der Waals surface area contributed by atoms with Crippen molar-refractivity contribution in [2.24, 2.45) is 0 Å². The van der Waals surface area contributed by atoms with Gasteiger partial charge in [-0.1, -0.05) is 48.5 Å². The molecule has 1 aromatic heterocycles. The van der Waals surface area contributed by atoms with Crippen molar-refractivity contribution in [1.82, 2.24) is 20.5 Å². The maximum Gasteiger partial charge on any atom is 0.416 e. The summed E-state index contributed by atoms with van der Waals surface area (Å²) in [6.45, 7) is 2.20. The fourth-order valence-corrected chi connectivity index (χ4v) is 6.70. The predicted molar refractivity (Wildman–Crippen MR) is 172 cm³/mol. The number of nitrogens with zero attached hydrogens (tertiary/aromatic N) is 2. The van der Waals surface area contributed by atoms with E-state index in [-0.39, 0.29) is 36.7 Å². The zero-order valence-electron chi connectivity index (χ0n) is 26.0. The molecule has 1 saturated heterocycles.